The molecule has 1 aliphatic heterocycles. The van der Waals surface area contributed by atoms with E-state index in [1.165, 1.54) is 0 Å². The molecule has 0 amide bonds. The van der Waals surface area contributed by atoms with Crippen LogP contribution in [0.5, 0.6) is 11.6 Å². The Labute approximate surface area is 146 Å². The fourth-order valence-electron chi connectivity index (χ4n) is 3.10. The summed E-state index contributed by atoms with van der Waals surface area (Å²) in [6.45, 7) is 1.33. The van der Waals surface area contributed by atoms with Crippen molar-refractivity contribution < 1.29 is 14.2 Å². The van der Waals surface area contributed by atoms with Crippen LogP contribution in [0.25, 0.3) is 22.0 Å². The molecule has 0 unspecified atom stereocenters. The van der Waals surface area contributed by atoms with E-state index in [9.17, 15) is 0 Å². The number of nitrogens with zero attached hydrogens (tertiary/aromatic N) is 2. The highest BCUT2D eigenvalue weighted by Crippen LogP contribution is 2.31. The van der Waals surface area contributed by atoms with Gasteiger partial charge in [0, 0.05) is 22.9 Å². The van der Waals surface area contributed by atoms with Crippen LogP contribution in [-0.2, 0) is 4.74 Å². The van der Waals surface area contributed by atoms with Gasteiger partial charge < -0.3 is 14.2 Å². The SMILES string of the molecule is COc1ccc(-c2nnc(OC[C@H]3CCCO3)c3ccccc23)cc1. The molecule has 2 aromatic carbocycles. The number of hydrogen-bond donors (Lipinski definition) is 0. The third-order valence-corrected chi connectivity index (χ3v) is 4.45. The van der Waals surface area contributed by atoms with E-state index in [2.05, 4.69) is 10.2 Å². The van der Waals surface area contributed by atoms with Crippen molar-refractivity contribution in [1.82, 2.24) is 10.2 Å². The first-order valence-corrected chi connectivity index (χ1v) is 8.49. The zero-order valence-corrected chi connectivity index (χ0v) is 14.1. The quantitative estimate of drug-likeness (QED) is 0.708. The molecule has 128 valence electrons. The molecule has 0 spiro atoms. The van der Waals surface area contributed by atoms with Gasteiger partial charge in [-0.3, -0.25) is 0 Å². The molecule has 0 N–H and O–H groups in total. The highest BCUT2D eigenvalue weighted by molar-refractivity contribution is 5.96. The van der Waals surface area contributed by atoms with Crippen molar-refractivity contribution in [2.24, 2.45) is 0 Å². The minimum absolute atomic E-state index is 0.154. The third-order valence-electron chi connectivity index (χ3n) is 4.45. The van der Waals surface area contributed by atoms with E-state index in [1.54, 1.807) is 7.11 Å². The van der Waals surface area contributed by atoms with Gasteiger partial charge in [0.2, 0.25) is 5.88 Å². The summed E-state index contributed by atoms with van der Waals surface area (Å²) in [5.74, 6) is 1.38. The maximum absolute atomic E-state index is 5.91. The normalized spacial score (nSPS) is 16.9. The molecule has 0 saturated carbocycles. The second kappa shape index (κ2) is 7.07. The lowest BCUT2D eigenvalue weighted by atomic mass is 10.0. The van der Waals surface area contributed by atoms with Crippen molar-refractivity contribution in [1.29, 1.82) is 0 Å². The highest BCUT2D eigenvalue weighted by Gasteiger charge is 2.18. The van der Waals surface area contributed by atoms with Gasteiger partial charge in [-0.05, 0) is 43.2 Å². The smallest absolute Gasteiger partial charge is 0.241 e. The molecule has 1 saturated heterocycles. The predicted molar refractivity (Wildman–Crippen MR) is 96.0 cm³/mol. The lowest BCUT2D eigenvalue weighted by molar-refractivity contribution is 0.0666. The van der Waals surface area contributed by atoms with Gasteiger partial charge in [-0.2, -0.15) is 0 Å². The maximum atomic E-state index is 5.91. The summed E-state index contributed by atoms with van der Waals surface area (Å²) in [6, 6.07) is 15.9. The van der Waals surface area contributed by atoms with E-state index < -0.39 is 0 Å². The molecule has 3 aromatic rings. The van der Waals surface area contributed by atoms with Gasteiger partial charge in [-0.1, -0.05) is 18.2 Å². The van der Waals surface area contributed by atoms with E-state index in [4.69, 9.17) is 14.2 Å². The summed E-state index contributed by atoms with van der Waals surface area (Å²) in [4.78, 5) is 0. The standard InChI is InChI=1S/C20H20N2O3/c1-23-15-10-8-14(9-11-15)19-17-6-2-3-7-18(17)20(22-21-19)25-13-16-5-4-12-24-16/h2-3,6-11,16H,4-5,12-13H2,1H3/t16-/m1/s1. The van der Waals surface area contributed by atoms with Crippen molar-refractivity contribution in [3.05, 3.63) is 48.5 Å². The van der Waals surface area contributed by atoms with Crippen LogP contribution in [0.1, 0.15) is 12.8 Å². The molecule has 2 heterocycles. The summed E-state index contributed by atoms with van der Waals surface area (Å²) in [7, 11) is 1.66. The van der Waals surface area contributed by atoms with Crippen LogP contribution in [0.4, 0.5) is 0 Å². The number of benzene rings is 2. The molecule has 5 heteroatoms. The third kappa shape index (κ3) is 3.28. The number of ether oxygens (including phenoxy) is 3. The molecule has 0 aliphatic carbocycles. The van der Waals surface area contributed by atoms with Crippen LogP contribution in [0.3, 0.4) is 0 Å². The number of fused-ring (bicyclic) bond motifs is 1. The Morgan fingerprint density at radius 1 is 1.04 bits per heavy atom. The van der Waals surface area contributed by atoms with Crippen LogP contribution in [0, 0.1) is 0 Å². The molecular weight excluding hydrogens is 316 g/mol. The first-order chi connectivity index (χ1) is 12.3. The van der Waals surface area contributed by atoms with E-state index in [1.807, 2.05) is 48.5 Å². The minimum atomic E-state index is 0.154. The second-order valence-corrected chi connectivity index (χ2v) is 6.07. The minimum Gasteiger partial charge on any atom is -0.497 e. The Balaban J connectivity index is 1.68. The Bertz CT molecular complexity index is 858. The molecule has 1 aliphatic rings. The van der Waals surface area contributed by atoms with Crippen molar-refractivity contribution in [2.75, 3.05) is 20.3 Å². The summed E-state index contributed by atoms with van der Waals surface area (Å²) < 4.78 is 16.8. The Hall–Kier alpha value is -2.66. The predicted octanol–water partition coefficient (Wildman–Crippen LogP) is 3.86. The Morgan fingerprint density at radius 2 is 1.84 bits per heavy atom. The van der Waals surface area contributed by atoms with E-state index >= 15 is 0 Å². The molecule has 1 atom stereocenters. The van der Waals surface area contributed by atoms with Crippen LogP contribution in [0.15, 0.2) is 48.5 Å². The molecule has 0 radical (unpaired) electrons. The number of aromatic nitrogens is 2. The number of hydrogen-bond acceptors (Lipinski definition) is 5. The fraction of sp³-hybridized carbons (Fsp3) is 0.300. The molecule has 5 nitrogen and oxygen atoms in total. The van der Waals surface area contributed by atoms with Gasteiger partial charge in [0.05, 0.1) is 13.2 Å². The molecule has 1 aromatic heterocycles. The number of methoxy groups -OCH3 is 1. The molecular formula is C20H20N2O3. The van der Waals surface area contributed by atoms with Crippen molar-refractivity contribution in [3.63, 3.8) is 0 Å². The zero-order chi connectivity index (χ0) is 17.1. The average molecular weight is 336 g/mol. The van der Waals surface area contributed by atoms with Crippen molar-refractivity contribution >= 4 is 10.8 Å². The van der Waals surface area contributed by atoms with E-state index in [0.717, 1.165) is 47.2 Å². The zero-order valence-electron chi connectivity index (χ0n) is 14.1. The summed E-state index contributed by atoms with van der Waals surface area (Å²) in [6.07, 6.45) is 2.29. The molecule has 4 rings (SSSR count). The lowest BCUT2D eigenvalue weighted by Crippen LogP contribution is -2.17. The lowest BCUT2D eigenvalue weighted by Gasteiger charge is -2.13. The highest BCUT2D eigenvalue weighted by atomic mass is 16.5. The van der Waals surface area contributed by atoms with Gasteiger partial charge in [0.25, 0.3) is 0 Å². The first-order valence-electron chi connectivity index (χ1n) is 8.49. The van der Waals surface area contributed by atoms with E-state index in [0.29, 0.717) is 12.5 Å². The van der Waals surface area contributed by atoms with E-state index in [-0.39, 0.29) is 6.10 Å². The summed E-state index contributed by atoms with van der Waals surface area (Å²) in [5.41, 5.74) is 1.83. The molecule has 1 fully saturated rings. The Kier molecular flexibility index (Phi) is 4.48. The molecule has 0 bridgehead atoms. The van der Waals surface area contributed by atoms with Gasteiger partial charge in [-0.25, -0.2) is 0 Å². The first kappa shape index (κ1) is 15.8. The van der Waals surface area contributed by atoms with Crippen LogP contribution in [0.2, 0.25) is 0 Å². The van der Waals surface area contributed by atoms with Gasteiger partial charge in [0.1, 0.15) is 18.1 Å². The van der Waals surface area contributed by atoms with Gasteiger partial charge in [0.15, 0.2) is 0 Å². The van der Waals surface area contributed by atoms with Crippen molar-refractivity contribution in [3.8, 4) is 22.9 Å². The van der Waals surface area contributed by atoms with Crippen LogP contribution < -0.4 is 9.47 Å². The largest absolute Gasteiger partial charge is 0.497 e. The number of rotatable bonds is 5. The summed E-state index contributed by atoms with van der Waals surface area (Å²) in [5, 5.41) is 10.7. The van der Waals surface area contributed by atoms with Crippen LogP contribution in [-0.4, -0.2) is 36.6 Å². The second-order valence-electron chi connectivity index (χ2n) is 6.07. The van der Waals surface area contributed by atoms with Crippen molar-refractivity contribution in [2.45, 2.75) is 18.9 Å². The molecule has 25 heavy (non-hydrogen) atoms. The monoisotopic (exact) mass is 336 g/mol. The van der Waals surface area contributed by atoms with Crippen LogP contribution >= 0.6 is 0 Å². The van der Waals surface area contributed by atoms with Gasteiger partial charge >= 0.3 is 0 Å². The average Bonchev–Trinajstić information content (AvgIpc) is 3.20. The maximum Gasteiger partial charge on any atom is 0.241 e. The van der Waals surface area contributed by atoms with Gasteiger partial charge in [-0.15, -0.1) is 10.2 Å². The summed E-state index contributed by atoms with van der Waals surface area (Å²) >= 11 is 0. The Morgan fingerprint density at radius 3 is 2.56 bits per heavy atom. The topological polar surface area (TPSA) is 53.5 Å². The fourth-order valence-corrected chi connectivity index (χ4v) is 3.10.